The van der Waals surface area contributed by atoms with Gasteiger partial charge in [0.05, 0.1) is 10.8 Å². The van der Waals surface area contributed by atoms with Crippen molar-refractivity contribution in [2.75, 3.05) is 16.8 Å². The number of carbonyl (C=O) groups is 1. The fourth-order valence-corrected chi connectivity index (χ4v) is 2.56. The van der Waals surface area contributed by atoms with Crippen molar-refractivity contribution < 1.29 is 13.4 Å². The van der Waals surface area contributed by atoms with E-state index in [4.69, 9.17) is 5.73 Å². The zero-order valence-electron chi connectivity index (χ0n) is 10.5. The van der Waals surface area contributed by atoms with Crippen molar-refractivity contribution in [2.24, 2.45) is 0 Å². The average molecular weight is 292 g/mol. The Bertz CT molecular complexity index is 644. The molecule has 0 saturated carbocycles. The van der Waals surface area contributed by atoms with E-state index in [2.05, 4.69) is 5.32 Å². The number of nitrogens with two attached hydrogens (primary N) is 1. The molecule has 0 saturated heterocycles. The molecule has 0 fully saturated rings. The van der Waals surface area contributed by atoms with Crippen LogP contribution in [0.3, 0.4) is 0 Å². The first-order valence-electron chi connectivity index (χ1n) is 5.84. The summed E-state index contributed by atoms with van der Waals surface area (Å²) in [5.74, 6) is -0.968. The molecule has 4 nitrogen and oxygen atoms in total. The third kappa shape index (κ3) is 3.89. The largest absolute Gasteiger partial charge is 0.399 e. The lowest BCUT2D eigenvalue weighted by Crippen LogP contribution is -2.19. The first-order chi connectivity index (χ1) is 9.54. The van der Waals surface area contributed by atoms with Gasteiger partial charge in [-0.25, -0.2) is 4.39 Å². The Morgan fingerprint density at radius 2 is 1.90 bits per heavy atom. The summed E-state index contributed by atoms with van der Waals surface area (Å²) in [6.45, 7) is 0. The molecule has 0 radical (unpaired) electrons. The lowest BCUT2D eigenvalue weighted by atomic mass is 10.3. The molecule has 1 atom stereocenters. The van der Waals surface area contributed by atoms with Crippen molar-refractivity contribution in [3.8, 4) is 0 Å². The fraction of sp³-hybridized carbons (Fsp3) is 0.0714. The second kappa shape index (κ2) is 6.29. The summed E-state index contributed by atoms with van der Waals surface area (Å²) >= 11 is 0. The number of nitrogens with one attached hydrogen (secondary N) is 1. The molecule has 0 aliphatic heterocycles. The third-order valence-corrected chi connectivity index (χ3v) is 3.82. The van der Waals surface area contributed by atoms with Crippen LogP contribution < -0.4 is 11.1 Å². The van der Waals surface area contributed by atoms with Crippen LogP contribution in [-0.4, -0.2) is 15.9 Å². The molecule has 1 amide bonds. The lowest BCUT2D eigenvalue weighted by Gasteiger charge is -2.06. The highest BCUT2D eigenvalue weighted by atomic mass is 32.2. The van der Waals surface area contributed by atoms with E-state index in [0.717, 1.165) is 0 Å². The van der Waals surface area contributed by atoms with Crippen LogP contribution in [0.1, 0.15) is 0 Å². The quantitative estimate of drug-likeness (QED) is 0.848. The Morgan fingerprint density at radius 3 is 2.55 bits per heavy atom. The van der Waals surface area contributed by atoms with Gasteiger partial charge in [-0.1, -0.05) is 6.07 Å². The van der Waals surface area contributed by atoms with Gasteiger partial charge in [0.1, 0.15) is 11.6 Å². The summed E-state index contributed by atoms with van der Waals surface area (Å²) in [5, 5.41) is 2.55. The number of hydrogen-bond donors (Lipinski definition) is 2. The second-order valence-electron chi connectivity index (χ2n) is 4.12. The maximum Gasteiger partial charge on any atom is 0.237 e. The summed E-state index contributed by atoms with van der Waals surface area (Å²) in [5.41, 5.74) is 6.55. The summed E-state index contributed by atoms with van der Waals surface area (Å²) in [4.78, 5) is 12.2. The molecule has 2 rings (SSSR count). The highest BCUT2D eigenvalue weighted by Gasteiger charge is 2.10. The zero-order chi connectivity index (χ0) is 14.5. The van der Waals surface area contributed by atoms with Crippen LogP contribution >= 0.6 is 0 Å². The zero-order valence-corrected chi connectivity index (χ0v) is 11.3. The predicted octanol–water partition coefficient (Wildman–Crippen LogP) is 2.15. The Balaban J connectivity index is 1.97. The van der Waals surface area contributed by atoms with Crippen molar-refractivity contribution in [3.63, 3.8) is 0 Å². The van der Waals surface area contributed by atoms with Crippen LogP contribution in [0.15, 0.2) is 53.4 Å². The molecule has 0 aromatic heterocycles. The smallest absolute Gasteiger partial charge is 0.237 e. The van der Waals surface area contributed by atoms with E-state index in [1.54, 1.807) is 24.3 Å². The topological polar surface area (TPSA) is 72.2 Å². The van der Waals surface area contributed by atoms with E-state index < -0.39 is 16.7 Å². The van der Waals surface area contributed by atoms with Gasteiger partial charge in [-0.3, -0.25) is 9.00 Å². The number of amides is 1. The third-order valence-electron chi connectivity index (χ3n) is 2.51. The SMILES string of the molecule is Nc1cccc(S(=O)CC(=O)Nc2ccc(F)cc2)c1. The minimum atomic E-state index is -1.47. The van der Waals surface area contributed by atoms with Crippen LogP contribution in [0.25, 0.3) is 0 Å². The van der Waals surface area contributed by atoms with E-state index >= 15 is 0 Å². The van der Waals surface area contributed by atoms with Crippen LogP contribution in [0.2, 0.25) is 0 Å². The van der Waals surface area contributed by atoms with Gasteiger partial charge in [0.25, 0.3) is 0 Å². The number of hydrogen-bond acceptors (Lipinski definition) is 3. The summed E-state index contributed by atoms with van der Waals surface area (Å²) in [7, 11) is -1.47. The highest BCUT2D eigenvalue weighted by Crippen LogP contribution is 2.12. The van der Waals surface area contributed by atoms with Gasteiger partial charge in [-0.2, -0.15) is 0 Å². The molecule has 0 spiro atoms. The van der Waals surface area contributed by atoms with E-state index in [1.165, 1.54) is 24.3 Å². The molecule has 2 aromatic rings. The number of carbonyl (C=O) groups excluding carboxylic acids is 1. The number of halogens is 1. The molecule has 0 aliphatic carbocycles. The van der Waals surface area contributed by atoms with Gasteiger partial charge in [0.2, 0.25) is 5.91 Å². The van der Waals surface area contributed by atoms with Crippen molar-refractivity contribution in [1.82, 2.24) is 0 Å². The Kier molecular flexibility index (Phi) is 4.47. The minimum absolute atomic E-state index is 0.180. The van der Waals surface area contributed by atoms with Crippen LogP contribution in [-0.2, 0) is 15.6 Å². The monoisotopic (exact) mass is 292 g/mol. The van der Waals surface area contributed by atoms with Gasteiger partial charge >= 0.3 is 0 Å². The number of benzene rings is 2. The molecular weight excluding hydrogens is 279 g/mol. The summed E-state index contributed by atoms with van der Waals surface area (Å²) in [6, 6.07) is 11.9. The predicted molar refractivity (Wildman–Crippen MR) is 77.2 cm³/mol. The molecule has 104 valence electrons. The number of rotatable bonds is 4. The highest BCUT2D eigenvalue weighted by molar-refractivity contribution is 7.85. The molecule has 6 heteroatoms. The second-order valence-corrected chi connectivity index (χ2v) is 5.57. The molecular formula is C14H13FN2O2S. The molecule has 3 N–H and O–H groups in total. The maximum absolute atomic E-state index is 12.7. The number of anilines is 2. The first kappa shape index (κ1) is 14.2. The molecule has 0 aliphatic rings. The minimum Gasteiger partial charge on any atom is -0.399 e. The number of nitrogen functional groups attached to an aromatic ring is 1. The van der Waals surface area contributed by atoms with Crippen molar-refractivity contribution in [1.29, 1.82) is 0 Å². The van der Waals surface area contributed by atoms with Crippen molar-refractivity contribution in [3.05, 3.63) is 54.3 Å². The first-order valence-corrected chi connectivity index (χ1v) is 7.16. The lowest BCUT2D eigenvalue weighted by molar-refractivity contribution is -0.113. The molecule has 0 bridgehead atoms. The molecule has 1 unspecified atom stereocenters. The van der Waals surface area contributed by atoms with Gasteiger partial charge in [0, 0.05) is 16.3 Å². The van der Waals surface area contributed by atoms with E-state index in [1.807, 2.05) is 0 Å². The molecule has 0 heterocycles. The van der Waals surface area contributed by atoms with Crippen LogP contribution in [0.4, 0.5) is 15.8 Å². The van der Waals surface area contributed by atoms with Crippen LogP contribution in [0.5, 0.6) is 0 Å². The molecule has 2 aromatic carbocycles. The van der Waals surface area contributed by atoms with Crippen molar-refractivity contribution in [2.45, 2.75) is 4.90 Å². The standard InChI is InChI=1S/C14H13FN2O2S/c15-10-4-6-12(7-5-10)17-14(18)9-20(19)13-3-1-2-11(16)8-13/h1-8H,9,16H2,(H,17,18). The van der Waals surface area contributed by atoms with Crippen molar-refractivity contribution >= 4 is 28.1 Å². The van der Waals surface area contributed by atoms with E-state index in [9.17, 15) is 13.4 Å². The Labute approximate surface area is 118 Å². The Hall–Kier alpha value is -2.21. The normalized spacial score (nSPS) is 11.8. The molecule has 20 heavy (non-hydrogen) atoms. The van der Waals surface area contributed by atoms with Gasteiger partial charge in [0.15, 0.2) is 0 Å². The fourth-order valence-electron chi connectivity index (χ4n) is 1.59. The van der Waals surface area contributed by atoms with Gasteiger partial charge in [-0.05, 0) is 42.5 Å². The van der Waals surface area contributed by atoms with Crippen LogP contribution in [0, 0.1) is 5.82 Å². The summed E-state index contributed by atoms with van der Waals surface area (Å²) in [6.07, 6.45) is 0. The van der Waals surface area contributed by atoms with Gasteiger partial charge in [-0.15, -0.1) is 0 Å². The maximum atomic E-state index is 12.7. The average Bonchev–Trinajstić information content (AvgIpc) is 2.41. The van der Waals surface area contributed by atoms with Gasteiger partial charge < -0.3 is 11.1 Å². The van der Waals surface area contributed by atoms with E-state index in [0.29, 0.717) is 16.3 Å². The van der Waals surface area contributed by atoms with E-state index in [-0.39, 0.29) is 11.6 Å². The summed E-state index contributed by atoms with van der Waals surface area (Å²) < 4.78 is 24.7. The Morgan fingerprint density at radius 1 is 1.20 bits per heavy atom.